The standard InChI is InChI=1S/C12H16.C4H8.C3H4O2/c1-5-10-6-8-11(9-7-10)12(2,3)4;1-3-4-2;1-2-3(4)5/h5-9H,1H2,2-4H3;3-4H,1-2H3;2H,1H2,(H,4,5). The maximum Gasteiger partial charge on any atom is 0.327 e. The molecule has 0 radical (unpaired) electrons. The van der Waals surface area contributed by atoms with Crippen LogP contribution < -0.4 is 0 Å². The molecule has 1 N–H and O–H groups in total. The summed E-state index contributed by atoms with van der Waals surface area (Å²) in [6, 6.07) is 8.54. The van der Waals surface area contributed by atoms with Gasteiger partial charge in [-0.3, -0.25) is 0 Å². The van der Waals surface area contributed by atoms with E-state index in [2.05, 4.69) is 58.2 Å². The number of carboxylic acids is 1. The van der Waals surface area contributed by atoms with Crippen molar-refractivity contribution in [3.63, 3.8) is 0 Å². The highest BCUT2D eigenvalue weighted by atomic mass is 16.4. The van der Waals surface area contributed by atoms with E-state index < -0.39 is 5.97 Å². The third-order valence-corrected chi connectivity index (χ3v) is 2.52. The molecule has 0 unspecified atom stereocenters. The van der Waals surface area contributed by atoms with Crippen LogP contribution in [0.4, 0.5) is 0 Å². The lowest BCUT2D eigenvalue weighted by molar-refractivity contribution is -0.131. The second-order valence-electron chi connectivity index (χ2n) is 5.29. The van der Waals surface area contributed by atoms with Gasteiger partial charge in [0, 0.05) is 6.08 Å². The van der Waals surface area contributed by atoms with Crippen LogP contribution in [-0.2, 0) is 10.2 Å². The summed E-state index contributed by atoms with van der Waals surface area (Å²) < 4.78 is 0. The number of allylic oxidation sites excluding steroid dienone is 2. The van der Waals surface area contributed by atoms with Crippen molar-refractivity contribution in [3.05, 3.63) is 66.8 Å². The van der Waals surface area contributed by atoms with Crippen LogP contribution in [-0.4, -0.2) is 11.1 Å². The molecule has 1 aromatic rings. The van der Waals surface area contributed by atoms with Gasteiger partial charge in [-0.1, -0.05) is 76.4 Å². The molecule has 1 aromatic carbocycles. The number of carboxylic acid groups (broad SMARTS) is 1. The van der Waals surface area contributed by atoms with Crippen LogP contribution in [0, 0.1) is 0 Å². The Bertz CT molecular complexity index is 441. The lowest BCUT2D eigenvalue weighted by atomic mass is 9.87. The Morgan fingerprint density at radius 2 is 1.43 bits per heavy atom. The van der Waals surface area contributed by atoms with Gasteiger partial charge in [0.2, 0.25) is 0 Å². The molecule has 0 atom stereocenters. The topological polar surface area (TPSA) is 37.3 Å². The van der Waals surface area contributed by atoms with Gasteiger partial charge < -0.3 is 5.11 Å². The number of rotatable bonds is 2. The first-order chi connectivity index (χ1) is 9.72. The van der Waals surface area contributed by atoms with Gasteiger partial charge in [-0.15, -0.1) is 0 Å². The number of hydrogen-bond acceptors (Lipinski definition) is 1. The quantitative estimate of drug-likeness (QED) is 0.579. The summed E-state index contributed by atoms with van der Waals surface area (Å²) in [5, 5.41) is 7.60. The van der Waals surface area contributed by atoms with E-state index in [4.69, 9.17) is 5.11 Å². The van der Waals surface area contributed by atoms with Crippen LogP contribution in [0.3, 0.4) is 0 Å². The molecule has 0 heterocycles. The fourth-order valence-corrected chi connectivity index (χ4v) is 1.12. The molecule has 0 aliphatic heterocycles. The van der Waals surface area contributed by atoms with Crippen molar-refractivity contribution in [2.75, 3.05) is 0 Å². The third kappa shape index (κ3) is 12.7. The van der Waals surface area contributed by atoms with Crippen LogP contribution in [0.5, 0.6) is 0 Å². The Morgan fingerprint density at radius 1 is 1.05 bits per heavy atom. The van der Waals surface area contributed by atoms with Gasteiger partial charge in [0.25, 0.3) is 0 Å². The molecule has 21 heavy (non-hydrogen) atoms. The van der Waals surface area contributed by atoms with E-state index in [1.54, 1.807) is 0 Å². The second-order valence-corrected chi connectivity index (χ2v) is 5.29. The summed E-state index contributed by atoms with van der Waals surface area (Å²) in [6.07, 6.45) is 6.70. The minimum absolute atomic E-state index is 0.250. The molecule has 0 aromatic heterocycles. The van der Waals surface area contributed by atoms with E-state index in [0.717, 1.165) is 6.08 Å². The van der Waals surface area contributed by atoms with Crippen LogP contribution in [0.2, 0.25) is 0 Å². The van der Waals surface area contributed by atoms with E-state index in [-0.39, 0.29) is 5.41 Å². The van der Waals surface area contributed by atoms with Crippen molar-refractivity contribution in [3.8, 4) is 0 Å². The van der Waals surface area contributed by atoms with Gasteiger partial charge in [0.15, 0.2) is 0 Å². The highest BCUT2D eigenvalue weighted by Crippen LogP contribution is 2.22. The van der Waals surface area contributed by atoms with Gasteiger partial charge >= 0.3 is 5.97 Å². The molecule has 0 amide bonds. The zero-order valence-electron chi connectivity index (χ0n) is 13.9. The fourth-order valence-electron chi connectivity index (χ4n) is 1.12. The van der Waals surface area contributed by atoms with Crippen LogP contribution in [0.1, 0.15) is 45.7 Å². The average molecular weight is 288 g/mol. The van der Waals surface area contributed by atoms with Crippen molar-refractivity contribution in [2.45, 2.75) is 40.0 Å². The summed E-state index contributed by atoms with van der Waals surface area (Å²) in [5.74, 6) is -0.981. The molecule has 2 heteroatoms. The Labute approximate surface area is 129 Å². The van der Waals surface area contributed by atoms with E-state index >= 15 is 0 Å². The van der Waals surface area contributed by atoms with Crippen molar-refractivity contribution in [1.29, 1.82) is 0 Å². The van der Waals surface area contributed by atoms with Gasteiger partial charge in [-0.2, -0.15) is 0 Å². The van der Waals surface area contributed by atoms with Crippen molar-refractivity contribution in [2.24, 2.45) is 0 Å². The predicted molar refractivity (Wildman–Crippen MR) is 93.6 cm³/mol. The summed E-state index contributed by atoms with van der Waals surface area (Å²) in [4.78, 5) is 9.25. The average Bonchev–Trinajstić information content (AvgIpc) is 2.47. The third-order valence-electron chi connectivity index (χ3n) is 2.52. The molecular formula is C19H28O2. The van der Waals surface area contributed by atoms with E-state index in [1.165, 1.54) is 11.1 Å². The molecule has 2 nitrogen and oxygen atoms in total. The van der Waals surface area contributed by atoms with Gasteiger partial charge in [-0.05, 0) is 30.4 Å². The summed E-state index contributed by atoms with van der Waals surface area (Å²) in [7, 11) is 0. The molecule has 0 aliphatic rings. The Kier molecular flexibility index (Phi) is 11.8. The molecular weight excluding hydrogens is 260 g/mol. The minimum Gasteiger partial charge on any atom is -0.478 e. The van der Waals surface area contributed by atoms with Gasteiger partial charge in [-0.25, -0.2) is 4.79 Å². The number of carbonyl (C=O) groups is 1. The Morgan fingerprint density at radius 3 is 1.62 bits per heavy atom. The zero-order chi connectivity index (χ0) is 16.9. The second kappa shape index (κ2) is 11.7. The molecule has 1 rings (SSSR count). The molecule has 0 bridgehead atoms. The lowest BCUT2D eigenvalue weighted by Gasteiger charge is -2.18. The first-order valence-corrected chi connectivity index (χ1v) is 6.88. The zero-order valence-corrected chi connectivity index (χ0v) is 13.9. The summed E-state index contributed by atoms with van der Waals surface area (Å²) in [5.41, 5.74) is 2.80. The van der Waals surface area contributed by atoms with Crippen LogP contribution in [0.15, 0.2) is 55.7 Å². The first kappa shape index (κ1) is 21.2. The number of hydrogen-bond donors (Lipinski definition) is 1. The van der Waals surface area contributed by atoms with Crippen LogP contribution >= 0.6 is 0 Å². The van der Waals surface area contributed by atoms with Crippen molar-refractivity contribution < 1.29 is 9.90 Å². The normalized spacial score (nSPS) is 9.76. The van der Waals surface area contributed by atoms with Crippen LogP contribution in [0.25, 0.3) is 6.08 Å². The molecule has 0 aliphatic carbocycles. The fraction of sp³-hybridized carbons (Fsp3) is 0.316. The predicted octanol–water partition coefficient (Wildman–Crippen LogP) is 5.47. The summed E-state index contributed by atoms with van der Waals surface area (Å²) in [6.45, 7) is 17.3. The smallest absolute Gasteiger partial charge is 0.327 e. The first-order valence-electron chi connectivity index (χ1n) is 6.88. The Balaban J connectivity index is 0. The number of aliphatic carboxylic acids is 1. The number of benzene rings is 1. The van der Waals surface area contributed by atoms with Gasteiger partial charge in [0.05, 0.1) is 0 Å². The monoisotopic (exact) mass is 288 g/mol. The Hall–Kier alpha value is -2.09. The van der Waals surface area contributed by atoms with Crippen molar-refractivity contribution in [1.82, 2.24) is 0 Å². The van der Waals surface area contributed by atoms with Gasteiger partial charge in [0.1, 0.15) is 0 Å². The van der Waals surface area contributed by atoms with E-state index in [0.29, 0.717) is 0 Å². The van der Waals surface area contributed by atoms with E-state index in [9.17, 15) is 4.79 Å². The lowest BCUT2D eigenvalue weighted by Crippen LogP contribution is -2.10. The largest absolute Gasteiger partial charge is 0.478 e. The maximum atomic E-state index is 9.25. The highest BCUT2D eigenvalue weighted by molar-refractivity contribution is 5.78. The molecule has 0 saturated heterocycles. The molecule has 0 fully saturated rings. The van der Waals surface area contributed by atoms with E-state index in [1.807, 2.05) is 32.1 Å². The molecule has 116 valence electrons. The molecule has 0 spiro atoms. The maximum absolute atomic E-state index is 9.25. The molecule has 0 saturated carbocycles. The SMILES string of the molecule is C=CC(=O)O.C=Cc1ccc(C(C)(C)C)cc1.CC=CC. The highest BCUT2D eigenvalue weighted by Gasteiger charge is 2.12. The summed E-state index contributed by atoms with van der Waals surface area (Å²) >= 11 is 0. The minimum atomic E-state index is -0.981. The van der Waals surface area contributed by atoms with Crippen molar-refractivity contribution >= 4 is 12.0 Å².